The highest BCUT2D eigenvalue weighted by Crippen LogP contribution is 2.29. The molecule has 5 nitrogen and oxygen atoms in total. The lowest BCUT2D eigenvalue weighted by Gasteiger charge is -2.38. The zero-order valence-corrected chi connectivity index (χ0v) is 13.8. The topological polar surface area (TPSA) is 58.8 Å². The van der Waals surface area contributed by atoms with Gasteiger partial charge in [0.1, 0.15) is 0 Å². The fraction of sp³-hybridized carbons (Fsp3) is 0.923. The minimum absolute atomic E-state index is 0. The summed E-state index contributed by atoms with van der Waals surface area (Å²) in [4.78, 5) is 16.7. The van der Waals surface area contributed by atoms with Crippen LogP contribution < -0.4 is 5.73 Å². The number of ether oxygens (including phenoxy) is 1. The molecular formula is C13H27Cl2N3O2. The predicted octanol–water partition coefficient (Wildman–Crippen LogP) is 0.892. The van der Waals surface area contributed by atoms with Gasteiger partial charge in [0.15, 0.2) is 0 Å². The largest absolute Gasteiger partial charge is 0.383 e. The predicted molar refractivity (Wildman–Crippen MR) is 84.8 cm³/mol. The zero-order chi connectivity index (χ0) is 13.0. The summed E-state index contributed by atoms with van der Waals surface area (Å²) in [5.41, 5.74) is 5.66. The van der Waals surface area contributed by atoms with Gasteiger partial charge in [0, 0.05) is 39.8 Å². The SMILES string of the molecule is COCCN1CCN(C(=O)C2(N)CCCC2)CC1.Cl.Cl. The molecule has 2 fully saturated rings. The number of halogens is 2. The van der Waals surface area contributed by atoms with Crippen LogP contribution in [0, 0.1) is 0 Å². The van der Waals surface area contributed by atoms with E-state index in [9.17, 15) is 4.79 Å². The Hall–Kier alpha value is -0.0700. The van der Waals surface area contributed by atoms with Crippen molar-refractivity contribution in [3.8, 4) is 0 Å². The van der Waals surface area contributed by atoms with Gasteiger partial charge in [-0.2, -0.15) is 0 Å². The number of rotatable bonds is 4. The molecule has 0 aromatic carbocycles. The Morgan fingerprint density at radius 1 is 1.15 bits per heavy atom. The molecule has 0 aromatic heterocycles. The second-order valence-corrected chi connectivity index (χ2v) is 5.49. The molecule has 0 radical (unpaired) electrons. The monoisotopic (exact) mass is 327 g/mol. The van der Waals surface area contributed by atoms with Crippen LogP contribution in [0.15, 0.2) is 0 Å². The molecule has 1 heterocycles. The van der Waals surface area contributed by atoms with Crippen LogP contribution >= 0.6 is 24.8 Å². The van der Waals surface area contributed by atoms with E-state index < -0.39 is 5.54 Å². The number of hydrogen-bond acceptors (Lipinski definition) is 4. The quantitative estimate of drug-likeness (QED) is 0.833. The third kappa shape index (κ3) is 4.74. The minimum Gasteiger partial charge on any atom is -0.383 e. The van der Waals surface area contributed by atoms with Crippen LogP contribution in [0.1, 0.15) is 25.7 Å². The van der Waals surface area contributed by atoms with E-state index in [0.29, 0.717) is 0 Å². The second-order valence-electron chi connectivity index (χ2n) is 5.49. The van der Waals surface area contributed by atoms with Gasteiger partial charge >= 0.3 is 0 Å². The third-order valence-corrected chi connectivity index (χ3v) is 4.19. The number of amides is 1. The van der Waals surface area contributed by atoms with E-state index in [0.717, 1.165) is 65.0 Å². The lowest BCUT2D eigenvalue weighted by atomic mass is 9.97. The molecule has 1 amide bonds. The molecule has 2 aliphatic rings. The smallest absolute Gasteiger partial charge is 0.242 e. The van der Waals surface area contributed by atoms with Crippen molar-refractivity contribution in [2.45, 2.75) is 31.2 Å². The first-order chi connectivity index (χ1) is 8.65. The maximum Gasteiger partial charge on any atom is 0.242 e. The fourth-order valence-corrected chi connectivity index (χ4v) is 2.93. The molecule has 120 valence electrons. The van der Waals surface area contributed by atoms with Crippen molar-refractivity contribution in [3.63, 3.8) is 0 Å². The lowest BCUT2D eigenvalue weighted by Crippen LogP contribution is -2.58. The van der Waals surface area contributed by atoms with Crippen molar-refractivity contribution in [3.05, 3.63) is 0 Å². The van der Waals surface area contributed by atoms with E-state index in [1.165, 1.54) is 0 Å². The van der Waals surface area contributed by atoms with Crippen LogP contribution in [0.2, 0.25) is 0 Å². The maximum absolute atomic E-state index is 12.4. The van der Waals surface area contributed by atoms with Crippen LogP contribution in [0.4, 0.5) is 0 Å². The molecule has 20 heavy (non-hydrogen) atoms. The number of piperazine rings is 1. The molecule has 1 saturated carbocycles. The summed E-state index contributed by atoms with van der Waals surface area (Å²) in [6.07, 6.45) is 3.90. The second kappa shape index (κ2) is 9.05. The molecule has 2 rings (SSSR count). The van der Waals surface area contributed by atoms with Crippen molar-refractivity contribution in [1.29, 1.82) is 0 Å². The molecule has 0 bridgehead atoms. The van der Waals surface area contributed by atoms with Gasteiger partial charge in [0.25, 0.3) is 0 Å². The summed E-state index contributed by atoms with van der Waals surface area (Å²) in [6, 6.07) is 0. The minimum atomic E-state index is -0.561. The van der Waals surface area contributed by atoms with Crippen molar-refractivity contribution >= 4 is 30.7 Å². The van der Waals surface area contributed by atoms with Crippen molar-refractivity contribution < 1.29 is 9.53 Å². The first kappa shape index (κ1) is 19.9. The Balaban J connectivity index is 0.00000180. The molecule has 0 unspecified atom stereocenters. The Kier molecular flexibility index (Phi) is 9.02. The van der Waals surface area contributed by atoms with Gasteiger partial charge < -0.3 is 15.4 Å². The van der Waals surface area contributed by atoms with E-state index >= 15 is 0 Å². The van der Waals surface area contributed by atoms with Crippen molar-refractivity contribution in [2.75, 3.05) is 46.4 Å². The van der Waals surface area contributed by atoms with E-state index in [-0.39, 0.29) is 30.7 Å². The third-order valence-electron chi connectivity index (χ3n) is 4.19. The molecular weight excluding hydrogens is 301 g/mol. The molecule has 7 heteroatoms. The van der Waals surface area contributed by atoms with Crippen molar-refractivity contribution in [2.24, 2.45) is 5.73 Å². The van der Waals surface area contributed by atoms with E-state index in [1.807, 2.05) is 4.90 Å². The van der Waals surface area contributed by atoms with Crippen LogP contribution in [0.3, 0.4) is 0 Å². The summed E-state index contributed by atoms with van der Waals surface area (Å²) >= 11 is 0. The zero-order valence-electron chi connectivity index (χ0n) is 12.2. The molecule has 0 spiro atoms. The van der Waals surface area contributed by atoms with Crippen LogP contribution in [-0.2, 0) is 9.53 Å². The maximum atomic E-state index is 12.4. The molecule has 1 aliphatic heterocycles. The first-order valence-corrected chi connectivity index (χ1v) is 6.95. The molecule has 0 atom stereocenters. The van der Waals surface area contributed by atoms with Gasteiger partial charge in [0.05, 0.1) is 12.1 Å². The Morgan fingerprint density at radius 3 is 2.20 bits per heavy atom. The number of methoxy groups -OCH3 is 1. The van der Waals surface area contributed by atoms with Gasteiger partial charge in [-0.3, -0.25) is 9.69 Å². The highest BCUT2D eigenvalue weighted by atomic mass is 35.5. The average Bonchev–Trinajstić information content (AvgIpc) is 2.84. The summed E-state index contributed by atoms with van der Waals surface area (Å²) in [5, 5.41) is 0. The molecule has 0 aromatic rings. The van der Waals surface area contributed by atoms with Crippen molar-refractivity contribution in [1.82, 2.24) is 9.80 Å². The molecule has 1 aliphatic carbocycles. The standard InChI is InChI=1S/C13H25N3O2.2ClH/c1-18-11-10-15-6-8-16(9-7-15)12(17)13(14)4-2-3-5-13;;/h2-11,14H2,1H3;2*1H. The lowest BCUT2D eigenvalue weighted by molar-refractivity contribution is -0.138. The van der Waals surface area contributed by atoms with Crippen LogP contribution in [0.25, 0.3) is 0 Å². The van der Waals surface area contributed by atoms with Gasteiger partial charge in [-0.1, -0.05) is 12.8 Å². The Labute approximate surface area is 134 Å². The Morgan fingerprint density at radius 2 is 1.70 bits per heavy atom. The number of carbonyl (C=O) groups is 1. The van der Waals surface area contributed by atoms with E-state index in [2.05, 4.69) is 4.90 Å². The number of nitrogens with zero attached hydrogens (tertiary/aromatic N) is 2. The summed E-state index contributed by atoms with van der Waals surface area (Å²) in [6.45, 7) is 5.19. The molecule has 1 saturated heterocycles. The number of carbonyl (C=O) groups excluding carboxylic acids is 1. The first-order valence-electron chi connectivity index (χ1n) is 6.95. The highest BCUT2D eigenvalue weighted by Gasteiger charge is 2.40. The normalized spacial score (nSPS) is 22.0. The van der Waals surface area contributed by atoms with E-state index in [4.69, 9.17) is 10.5 Å². The summed E-state index contributed by atoms with van der Waals surface area (Å²) in [7, 11) is 1.72. The van der Waals surface area contributed by atoms with E-state index in [1.54, 1.807) is 7.11 Å². The average molecular weight is 328 g/mol. The van der Waals surface area contributed by atoms with Crippen LogP contribution in [-0.4, -0.2) is 67.7 Å². The summed E-state index contributed by atoms with van der Waals surface area (Å²) < 4.78 is 5.07. The number of nitrogens with two attached hydrogens (primary N) is 1. The Bertz CT molecular complexity index is 291. The summed E-state index contributed by atoms with van der Waals surface area (Å²) in [5.74, 6) is 0.173. The highest BCUT2D eigenvalue weighted by molar-refractivity contribution is 5.86. The van der Waals surface area contributed by atoms with Gasteiger partial charge in [-0.05, 0) is 12.8 Å². The van der Waals surface area contributed by atoms with Crippen LogP contribution in [0.5, 0.6) is 0 Å². The fourth-order valence-electron chi connectivity index (χ4n) is 2.93. The number of hydrogen-bond donors (Lipinski definition) is 1. The van der Waals surface area contributed by atoms with Gasteiger partial charge in [0.2, 0.25) is 5.91 Å². The van der Waals surface area contributed by atoms with Gasteiger partial charge in [-0.25, -0.2) is 0 Å². The molecule has 2 N–H and O–H groups in total. The van der Waals surface area contributed by atoms with Gasteiger partial charge in [-0.15, -0.1) is 24.8 Å².